The van der Waals surface area contributed by atoms with Gasteiger partial charge in [-0.15, -0.1) is 0 Å². The molecule has 0 atom stereocenters. The Hall–Kier alpha value is -2.25. The lowest BCUT2D eigenvalue weighted by Crippen LogP contribution is -2.36. The number of rotatable bonds is 7. The van der Waals surface area contributed by atoms with E-state index in [1.54, 1.807) is 19.2 Å². The minimum absolute atomic E-state index is 0.0751. The monoisotopic (exact) mass is 399 g/mol. The second kappa shape index (κ2) is 10.2. The smallest absolute Gasteiger partial charge is 0.367 e. The van der Waals surface area contributed by atoms with Gasteiger partial charge in [-0.1, -0.05) is 54.1 Å². The topological polar surface area (TPSA) is 45.7 Å². The van der Waals surface area contributed by atoms with Crippen molar-refractivity contribution in [1.82, 2.24) is 10.6 Å². The van der Waals surface area contributed by atoms with Crippen molar-refractivity contribution in [2.24, 2.45) is 4.99 Å². The summed E-state index contributed by atoms with van der Waals surface area (Å²) in [6.45, 7) is -0.265. The van der Waals surface area contributed by atoms with E-state index in [-0.39, 0.29) is 6.61 Å². The third kappa shape index (κ3) is 7.88. The van der Waals surface area contributed by atoms with Crippen molar-refractivity contribution in [3.05, 3.63) is 70.2 Å². The maximum atomic E-state index is 12.1. The van der Waals surface area contributed by atoms with Crippen LogP contribution in [0.25, 0.3) is 0 Å². The molecule has 0 aliphatic carbocycles. The van der Waals surface area contributed by atoms with E-state index in [9.17, 15) is 13.2 Å². The number of nitrogens with one attached hydrogen (secondary N) is 2. The van der Waals surface area contributed by atoms with Gasteiger partial charge in [-0.2, -0.15) is 13.2 Å². The van der Waals surface area contributed by atoms with Crippen LogP contribution in [0.4, 0.5) is 13.2 Å². The van der Waals surface area contributed by atoms with E-state index in [0.29, 0.717) is 29.6 Å². The molecule has 2 aromatic rings. The molecule has 0 saturated carbocycles. The van der Waals surface area contributed by atoms with Crippen LogP contribution in [0.5, 0.6) is 0 Å². The maximum Gasteiger partial charge on any atom is 0.411 e. The fourth-order valence-electron chi connectivity index (χ4n) is 2.27. The second-order valence-corrected chi connectivity index (χ2v) is 6.20. The second-order valence-electron chi connectivity index (χ2n) is 5.80. The molecular formula is C19H21ClF3N3O. The Kier molecular flexibility index (Phi) is 7.94. The minimum atomic E-state index is -4.31. The molecule has 2 N–H and O–H groups in total. The SMILES string of the molecule is CN=C(NCc1ccc(COCC(F)(F)F)cc1)NCc1ccccc1Cl. The molecule has 0 fully saturated rings. The molecule has 8 heteroatoms. The first-order valence-electron chi connectivity index (χ1n) is 8.27. The fourth-order valence-corrected chi connectivity index (χ4v) is 2.47. The number of guanidine groups is 1. The zero-order valence-corrected chi connectivity index (χ0v) is 15.6. The van der Waals surface area contributed by atoms with Crippen LogP contribution in [-0.4, -0.2) is 25.8 Å². The number of halogens is 4. The number of hydrogen-bond donors (Lipinski definition) is 2. The summed E-state index contributed by atoms with van der Waals surface area (Å²) in [6.07, 6.45) is -4.31. The summed E-state index contributed by atoms with van der Waals surface area (Å²) >= 11 is 6.13. The first kappa shape index (κ1) is 21.1. The lowest BCUT2D eigenvalue weighted by atomic mass is 10.1. The van der Waals surface area contributed by atoms with Crippen molar-refractivity contribution < 1.29 is 17.9 Å². The molecule has 0 spiro atoms. The summed E-state index contributed by atoms with van der Waals surface area (Å²) in [5, 5.41) is 7.04. The Morgan fingerprint density at radius 3 is 2.26 bits per heavy atom. The summed E-state index contributed by atoms with van der Waals surface area (Å²) in [6, 6.07) is 14.7. The average molecular weight is 400 g/mol. The molecule has 27 heavy (non-hydrogen) atoms. The average Bonchev–Trinajstić information content (AvgIpc) is 2.63. The normalized spacial score (nSPS) is 12.1. The number of aliphatic imine (C=N–C) groups is 1. The number of nitrogens with zero attached hydrogens (tertiary/aromatic N) is 1. The van der Waals surface area contributed by atoms with Gasteiger partial charge in [0.05, 0.1) is 6.61 Å². The number of hydrogen-bond acceptors (Lipinski definition) is 2. The fraction of sp³-hybridized carbons (Fsp3) is 0.316. The zero-order valence-electron chi connectivity index (χ0n) is 14.8. The Balaban J connectivity index is 1.78. The quantitative estimate of drug-likeness (QED) is 0.539. The molecule has 2 aromatic carbocycles. The van der Waals surface area contributed by atoms with Gasteiger partial charge in [0.15, 0.2) is 5.96 Å². The summed E-state index contributed by atoms with van der Waals surface area (Å²) in [5.41, 5.74) is 2.62. The highest BCUT2D eigenvalue weighted by Gasteiger charge is 2.27. The maximum absolute atomic E-state index is 12.1. The molecule has 0 aliphatic rings. The van der Waals surface area contributed by atoms with Crippen LogP contribution < -0.4 is 10.6 Å². The molecule has 0 bridgehead atoms. The van der Waals surface area contributed by atoms with Crippen molar-refractivity contribution in [3.8, 4) is 0 Å². The highest BCUT2D eigenvalue weighted by Crippen LogP contribution is 2.16. The van der Waals surface area contributed by atoms with Crippen LogP contribution in [0.1, 0.15) is 16.7 Å². The molecule has 0 aliphatic heterocycles. The molecule has 2 rings (SSSR count). The molecule has 0 amide bonds. The molecule has 146 valence electrons. The van der Waals surface area contributed by atoms with Crippen molar-refractivity contribution in [2.45, 2.75) is 25.9 Å². The minimum Gasteiger partial charge on any atom is -0.367 e. The van der Waals surface area contributed by atoms with Gasteiger partial charge in [0.2, 0.25) is 0 Å². The van der Waals surface area contributed by atoms with E-state index in [0.717, 1.165) is 11.1 Å². The van der Waals surface area contributed by atoms with Crippen molar-refractivity contribution >= 4 is 17.6 Å². The molecule has 0 saturated heterocycles. The summed E-state index contributed by atoms with van der Waals surface area (Å²) in [4.78, 5) is 4.15. The molecule has 4 nitrogen and oxygen atoms in total. The first-order chi connectivity index (χ1) is 12.9. The highest BCUT2D eigenvalue weighted by molar-refractivity contribution is 6.31. The van der Waals surface area contributed by atoms with Gasteiger partial charge >= 0.3 is 6.18 Å². The van der Waals surface area contributed by atoms with Crippen LogP contribution >= 0.6 is 11.6 Å². The molecule has 0 heterocycles. The van der Waals surface area contributed by atoms with E-state index in [4.69, 9.17) is 11.6 Å². The van der Waals surface area contributed by atoms with E-state index in [1.807, 2.05) is 36.4 Å². The van der Waals surface area contributed by atoms with Crippen LogP contribution in [0, 0.1) is 0 Å². The number of alkyl halides is 3. The van der Waals surface area contributed by atoms with Gasteiger partial charge < -0.3 is 15.4 Å². The van der Waals surface area contributed by atoms with Crippen LogP contribution in [0.2, 0.25) is 5.02 Å². The van der Waals surface area contributed by atoms with E-state index in [1.165, 1.54) is 0 Å². The van der Waals surface area contributed by atoms with Gasteiger partial charge in [-0.05, 0) is 22.8 Å². The Morgan fingerprint density at radius 2 is 1.63 bits per heavy atom. The highest BCUT2D eigenvalue weighted by atomic mass is 35.5. The Morgan fingerprint density at radius 1 is 1.00 bits per heavy atom. The number of benzene rings is 2. The third-order valence-electron chi connectivity index (χ3n) is 3.65. The van der Waals surface area contributed by atoms with Crippen LogP contribution in [0.15, 0.2) is 53.5 Å². The standard InChI is InChI=1S/C19H21ClF3N3O/c1-24-18(26-11-16-4-2-3-5-17(16)20)25-10-14-6-8-15(9-7-14)12-27-13-19(21,22)23/h2-9H,10-13H2,1H3,(H2,24,25,26). The van der Waals surface area contributed by atoms with Gasteiger partial charge in [-0.3, -0.25) is 4.99 Å². The van der Waals surface area contributed by atoms with Crippen molar-refractivity contribution in [3.63, 3.8) is 0 Å². The molecule has 0 radical (unpaired) electrons. The van der Waals surface area contributed by atoms with Crippen LogP contribution in [-0.2, 0) is 24.4 Å². The first-order valence-corrected chi connectivity index (χ1v) is 8.65. The lowest BCUT2D eigenvalue weighted by molar-refractivity contribution is -0.176. The third-order valence-corrected chi connectivity index (χ3v) is 4.01. The lowest BCUT2D eigenvalue weighted by Gasteiger charge is -2.13. The van der Waals surface area contributed by atoms with E-state index >= 15 is 0 Å². The van der Waals surface area contributed by atoms with Gasteiger partial charge in [-0.25, -0.2) is 0 Å². The van der Waals surface area contributed by atoms with Crippen LogP contribution in [0.3, 0.4) is 0 Å². The van der Waals surface area contributed by atoms with E-state index < -0.39 is 12.8 Å². The summed E-state index contributed by atoms with van der Waals surface area (Å²) < 4.78 is 40.8. The zero-order chi connectivity index (χ0) is 19.7. The Bertz CT molecular complexity index is 749. The van der Waals surface area contributed by atoms with Gasteiger partial charge in [0, 0.05) is 25.2 Å². The molecular weight excluding hydrogens is 379 g/mol. The predicted octanol–water partition coefficient (Wildman–Crippen LogP) is 4.28. The largest absolute Gasteiger partial charge is 0.411 e. The molecule has 0 unspecified atom stereocenters. The molecule has 0 aromatic heterocycles. The van der Waals surface area contributed by atoms with Crippen molar-refractivity contribution in [1.29, 1.82) is 0 Å². The van der Waals surface area contributed by atoms with Crippen molar-refractivity contribution in [2.75, 3.05) is 13.7 Å². The predicted molar refractivity (Wildman–Crippen MR) is 101 cm³/mol. The number of ether oxygens (including phenoxy) is 1. The summed E-state index contributed by atoms with van der Waals surface area (Å²) in [5.74, 6) is 0.618. The van der Waals surface area contributed by atoms with Gasteiger partial charge in [0.1, 0.15) is 6.61 Å². The van der Waals surface area contributed by atoms with Gasteiger partial charge in [0.25, 0.3) is 0 Å². The van der Waals surface area contributed by atoms with E-state index in [2.05, 4.69) is 20.4 Å². The summed E-state index contributed by atoms with van der Waals surface area (Å²) in [7, 11) is 1.67. The Labute approximate surface area is 161 Å².